The van der Waals surface area contributed by atoms with Crippen LogP contribution in [0.5, 0.6) is 11.5 Å². The largest absolute Gasteiger partial charge is 0.457 e. The van der Waals surface area contributed by atoms with Crippen molar-refractivity contribution in [1.29, 1.82) is 0 Å². The SMILES string of the molecule is O=C(Nc1ccc(Oc2ccccc2)cc1)c1ccc(-c2ccc(F)c(Cl)c2)o1. The van der Waals surface area contributed by atoms with Gasteiger partial charge in [0.05, 0.1) is 5.02 Å². The number of nitrogens with one attached hydrogen (secondary N) is 1. The van der Waals surface area contributed by atoms with Crippen LogP contribution in [0.25, 0.3) is 11.3 Å². The summed E-state index contributed by atoms with van der Waals surface area (Å²) in [4.78, 5) is 12.4. The Labute approximate surface area is 171 Å². The highest BCUT2D eigenvalue weighted by molar-refractivity contribution is 6.31. The molecule has 0 aliphatic rings. The summed E-state index contributed by atoms with van der Waals surface area (Å²) in [6, 6.07) is 23.8. The van der Waals surface area contributed by atoms with Gasteiger partial charge in [-0.25, -0.2) is 4.39 Å². The van der Waals surface area contributed by atoms with E-state index in [2.05, 4.69) is 5.32 Å². The predicted molar refractivity (Wildman–Crippen MR) is 110 cm³/mol. The maximum atomic E-state index is 13.3. The van der Waals surface area contributed by atoms with Gasteiger partial charge in [0.2, 0.25) is 0 Å². The van der Waals surface area contributed by atoms with Crippen molar-refractivity contribution in [3.05, 3.63) is 102 Å². The lowest BCUT2D eigenvalue weighted by molar-refractivity contribution is 0.0997. The van der Waals surface area contributed by atoms with Crippen LogP contribution in [-0.2, 0) is 0 Å². The summed E-state index contributed by atoms with van der Waals surface area (Å²) in [7, 11) is 0. The van der Waals surface area contributed by atoms with Crippen LogP contribution in [-0.4, -0.2) is 5.91 Å². The second-order valence-electron chi connectivity index (χ2n) is 6.19. The van der Waals surface area contributed by atoms with Crippen LogP contribution in [0.1, 0.15) is 10.6 Å². The Balaban J connectivity index is 1.43. The van der Waals surface area contributed by atoms with Crippen molar-refractivity contribution >= 4 is 23.2 Å². The second kappa shape index (κ2) is 8.20. The molecule has 1 amide bonds. The smallest absolute Gasteiger partial charge is 0.291 e. The number of hydrogen-bond acceptors (Lipinski definition) is 3. The zero-order valence-electron chi connectivity index (χ0n) is 15.1. The van der Waals surface area contributed by atoms with Gasteiger partial charge in [-0.3, -0.25) is 4.79 Å². The van der Waals surface area contributed by atoms with E-state index in [0.29, 0.717) is 22.8 Å². The summed E-state index contributed by atoms with van der Waals surface area (Å²) in [5, 5.41) is 2.75. The Morgan fingerprint density at radius 1 is 0.897 bits per heavy atom. The Kier molecular flexibility index (Phi) is 5.31. The number of rotatable bonds is 5. The van der Waals surface area contributed by atoms with E-state index in [-0.39, 0.29) is 10.8 Å². The molecule has 0 fully saturated rings. The van der Waals surface area contributed by atoms with Gasteiger partial charge in [0.15, 0.2) is 5.76 Å². The molecule has 6 heteroatoms. The first kappa shape index (κ1) is 18.8. The molecular weight excluding hydrogens is 393 g/mol. The van der Waals surface area contributed by atoms with Gasteiger partial charge in [0, 0.05) is 11.3 Å². The Hall–Kier alpha value is -3.57. The average Bonchev–Trinajstić information content (AvgIpc) is 3.23. The van der Waals surface area contributed by atoms with Crippen molar-refractivity contribution in [2.24, 2.45) is 0 Å². The van der Waals surface area contributed by atoms with Crippen molar-refractivity contribution in [3.8, 4) is 22.8 Å². The van der Waals surface area contributed by atoms with Gasteiger partial charge in [0.1, 0.15) is 23.1 Å². The summed E-state index contributed by atoms with van der Waals surface area (Å²) in [5.74, 6) is 1.02. The Morgan fingerprint density at radius 3 is 2.34 bits per heavy atom. The first-order valence-electron chi connectivity index (χ1n) is 8.78. The van der Waals surface area contributed by atoms with E-state index < -0.39 is 11.7 Å². The van der Waals surface area contributed by atoms with Gasteiger partial charge < -0.3 is 14.5 Å². The molecular formula is C23H15ClFNO3. The summed E-state index contributed by atoms with van der Waals surface area (Å²) in [5.41, 5.74) is 1.18. The highest BCUT2D eigenvalue weighted by Crippen LogP contribution is 2.27. The van der Waals surface area contributed by atoms with Crippen molar-refractivity contribution in [1.82, 2.24) is 0 Å². The molecule has 4 nitrogen and oxygen atoms in total. The normalized spacial score (nSPS) is 10.6. The minimum absolute atomic E-state index is 0.0114. The fourth-order valence-corrected chi connectivity index (χ4v) is 2.87. The number of benzene rings is 3. The molecule has 0 radical (unpaired) electrons. The van der Waals surface area contributed by atoms with E-state index in [1.807, 2.05) is 30.3 Å². The van der Waals surface area contributed by atoms with Crippen LogP contribution in [0.15, 0.2) is 89.3 Å². The molecule has 3 aromatic carbocycles. The maximum Gasteiger partial charge on any atom is 0.291 e. The standard InChI is InChI=1S/C23H15ClFNO3/c24-19-14-15(6-11-20(19)25)21-12-13-22(29-21)23(27)26-16-7-9-18(10-8-16)28-17-4-2-1-3-5-17/h1-14H,(H,26,27). The van der Waals surface area contributed by atoms with Crippen molar-refractivity contribution in [2.45, 2.75) is 0 Å². The van der Waals surface area contributed by atoms with Crippen LogP contribution in [0.3, 0.4) is 0 Å². The fourth-order valence-electron chi connectivity index (χ4n) is 2.69. The third kappa shape index (κ3) is 4.47. The molecule has 0 atom stereocenters. The molecule has 0 bridgehead atoms. The van der Waals surface area contributed by atoms with Gasteiger partial charge in [-0.05, 0) is 66.7 Å². The quantitative estimate of drug-likeness (QED) is 0.396. The van der Waals surface area contributed by atoms with Crippen molar-refractivity contribution in [2.75, 3.05) is 5.32 Å². The van der Waals surface area contributed by atoms with Crippen molar-refractivity contribution < 1.29 is 18.3 Å². The van der Waals surface area contributed by atoms with Crippen molar-refractivity contribution in [3.63, 3.8) is 0 Å². The molecule has 0 unspecified atom stereocenters. The summed E-state index contributed by atoms with van der Waals surface area (Å²) in [6.07, 6.45) is 0. The number of amides is 1. The molecule has 1 aromatic heterocycles. The zero-order chi connectivity index (χ0) is 20.2. The molecule has 0 spiro atoms. The first-order valence-corrected chi connectivity index (χ1v) is 9.16. The molecule has 4 rings (SSSR count). The highest BCUT2D eigenvalue weighted by atomic mass is 35.5. The van der Waals surface area contributed by atoms with Gasteiger partial charge in [-0.1, -0.05) is 29.8 Å². The minimum Gasteiger partial charge on any atom is -0.457 e. The molecule has 144 valence electrons. The number of furan rings is 1. The third-order valence-electron chi connectivity index (χ3n) is 4.12. The van der Waals surface area contributed by atoms with E-state index in [1.165, 1.54) is 18.2 Å². The summed E-state index contributed by atoms with van der Waals surface area (Å²) < 4.78 is 24.6. The molecule has 0 saturated carbocycles. The van der Waals surface area contributed by atoms with E-state index >= 15 is 0 Å². The third-order valence-corrected chi connectivity index (χ3v) is 4.41. The number of carbonyl (C=O) groups excluding carboxylic acids is 1. The van der Waals surface area contributed by atoms with Gasteiger partial charge in [0.25, 0.3) is 5.91 Å². The maximum absolute atomic E-state index is 13.3. The van der Waals surface area contributed by atoms with E-state index in [1.54, 1.807) is 36.4 Å². The van der Waals surface area contributed by atoms with Crippen LogP contribution in [0.2, 0.25) is 5.02 Å². The number of carbonyl (C=O) groups is 1. The molecule has 29 heavy (non-hydrogen) atoms. The Morgan fingerprint density at radius 2 is 1.62 bits per heavy atom. The van der Waals surface area contributed by atoms with Crippen LogP contribution in [0.4, 0.5) is 10.1 Å². The fraction of sp³-hybridized carbons (Fsp3) is 0. The molecule has 4 aromatic rings. The molecule has 1 heterocycles. The average molecular weight is 408 g/mol. The van der Waals surface area contributed by atoms with Crippen LogP contribution >= 0.6 is 11.6 Å². The van der Waals surface area contributed by atoms with Gasteiger partial charge >= 0.3 is 0 Å². The zero-order valence-corrected chi connectivity index (χ0v) is 15.8. The lowest BCUT2D eigenvalue weighted by Gasteiger charge is -2.07. The minimum atomic E-state index is -0.514. The molecule has 0 aliphatic heterocycles. The lowest BCUT2D eigenvalue weighted by Crippen LogP contribution is -2.10. The number of anilines is 1. The topological polar surface area (TPSA) is 51.5 Å². The van der Waals surface area contributed by atoms with E-state index in [0.717, 1.165) is 5.75 Å². The number of hydrogen-bond donors (Lipinski definition) is 1. The number of para-hydroxylation sites is 1. The van der Waals surface area contributed by atoms with Gasteiger partial charge in [-0.15, -0.1) is 0 Å². The number of ether oxygens (including phenoxy) is 1. The predicted octanol–water partition coefficient (Wildman–Crippen LogP) is 6.78. The number of halogens is 2. The van der Waals surface area contributed by atoms with Crippen LogP contribution in [0, 0.1) is 5.82 Å². The summed E-state index contributed by atoms with van der Waals surface area (Å²) >= 11 is 5.80. The molecule has 0 aliphatic carbocycles. The highest BCUT2D eigenvalue weighted by Gasteiger charge is 2.13. The van der Waals surface area contributed by atoms with Crippen LogP contribution < -0.4 is 10.1 Å². The first-order chi connectivity index (χ1) is 14.1. The summed E-state index contributed by atoms with van der Waals surface area (Å²) in [6.45, 7) is 0. The molecule has 1 N–H and O–H groups in total. The van der Waals surface area contributed by atoms with E-state index in [9.17, 15) is 9.18 Å². The lowest BCUT2D eigenvalue weighted by atomic mass is 10.2. The van der Waals surface area contributed by atoms with E-state index in [4.69, 9.17) is 20.8 Å². The molecule has 0 saturated heterocycles. The second-order valence-corrected chi connectivity index (χ2v) is 6.59. The monoisotopic (exact) mass is 407 g/mol. The van der Waals surface area contributed by atoms with Gasteiger partial charge in [-0.2, -0.15) is 0 Å². The Bertz CT molecular complexity index is 1140.